The number of rotatable bonds is 4. The number of esters is 1. The number of carbonyl (C=O) groups excluding carboxylic acids is 1. The Morgan fingerprint density at radius 2 is 1.79 bits per heavy atom. The van der Waals surface area contributed by atoms with Crippen LogP contribution in [0.5, 0.6) is 0 Å². The minimum atomic E-state index is -0.649. The molecule has 0 saturated carbocycles. The fraction of sp³-hybridized carbons (Fsp3) is 0. The van der Waals surface area contributed by atoms with Crippen molar-refractivity contribution in [3.63, 3.8) is 0 Å². The molecule has 2 heterocycles. The van der Waals surface area contributed by atoms with Crippen LogP contribution in [0.2, 0.25) is 10.0 Å². The number of aliphatic imine (C=N–C) groups is 1. The normalized spacial score (nSPS) is 14.8. The first kappa shape index (κ1) is 18.9. The summed E-state index contributed by atoms with van der Waals surface area (Å²) >= 11 is 12.1. The Kier molecular flexibility index (Phi) is 4.92. The molecule has 0 unspecified atom stereocenters. The van der Waals surface area contributed by atoms with Gasteiger partial charge in [-0.2, -0.15) is 0 Å². The summed E-state index contributed by atoms with van der Waals surface area (Å²) in [6, 6.07) is 14.0. The summed E-state index contributed by atoms with van der Waals surface area (Å²) in [7, 11) is 0. The van der Waals surface area contributed by atoms with Crippen molar-refractivity contribution in [1.82, 2.24) is 0 Å². The van der Waals surface area contributed by atoms with Crippen molar-refractivity contribution >= 4 is 46.8 Å². The van der Waals surface area contributed by atoms with Crippen LogP contribution in [0.15, 0.2) is 69.7 Å². The van der Waals surface area contributed by atoms with Crippen LogP contribution in [0.4, 0.5) is 5.69 Å². The van der Waals surface area contributed by atoms with E-state index in [2.05, 4.69) is 4.99 Å². The zero-order valence-corrected chi connectivity index (χ0v) is 16.0. The summed E-state index contributed by atoms with van der Waals surface area (Å²) in [5.41, 5.74) is 1.09. The summed E-state index contributed by atoms with van der Waals surface area (Å²) in [6.45, 7) is 0. The van der Waals surface area contributed by atoms with E-state index in [9.17, 15) is 14.9 Å². The Morgan fingerprint density at radius 3 is 2.52 bits per heavy atom. The number of benzene rings is 2. The van der Waals surface area contributed by atoms with E-state index in [-0.39, 0.29) is 17.3 Å². The Morgan fingerprint density at radius 1 is 1.03 bits per heavy atom. The van der Waals surface area contributed by atoms with E-state index in [0.717, 1.165) is 0 Å². The molecule has 3 aromatic rings. The van der Waals surface area contributed by atoms with E-state index < -0.39 is 10.9 Å². The molecule has 1 aromatic heterocycles. The van der Waals surface area contributed by atoms with Crippen molar-refractivity contribution in [2.75, 3.05) is 0 Å². The average molecular weight is 429 g/mol. The Labute approximate surface area is 174 Å². The van der Waals surface area contributed by atoms with Gasteiger partial charge in [0.05, 0.1) is 15.5 Å². The number of hydrogen-bond acceptors (Lipinski definition) is 6. The summed E-state index contributed by atoms with van der Waals surface area (Å²) in [5, 5.41) is 11.5. The smallest absolute Gasteiger partial charge is 0.363 e. The van der Waals surface area contributed by atoms with Gasteiger partial charge in [-0.15, -0.1) is 0 Å². The summed E-state index contributed by atoms with van der Waals surface area (Å²) in [4.78, 5) is 26.6. The number of furan rings is 1. The molecule has 1 aliphatic rings. The molecule has 4 rings (SSSR count). The van der Waals surface area contributed by atoms with Gasteiger partial charge in [0.1, 0.15) is 11.5 Å². The molecule has 0 bridgehead atoms. The first-order chi connectivity index (χ1) is 13.9. The van der Waals surface area contributed by atoms with Crippen LogP contribution in [0.3, 0.4) is 0 Å². The number of cyclic esters (lactones) is 1. The number of ether oxygens (including phenoxy) is 1. The predicted molar refractivity (Wildman–Crippen MR) is 108 cm³/mol. The Hall–Kier alpha value is -3.42. The highest BCUT2D eigenvalue weighted by Gasteiger charge is 2.26. The number of nitro groups is 1. The minimum Gasteiger partial charge on any atom is -0.457 e. The van der Waals surface area contributed by atoms with E-state index >= 15 is 0 Å². The number of nitro benzene ring substituents is 1. The monoisotopic (exact) mass is 428 g/mol. The van der Waals surface area contributed by atoms with Gasteiger partial charge >= 0.3 is 5.97 Å². The van der Waals surface area contributed by atoms with Crippen LogP contribution >= 0.6 is 23.2 Å². The number of hydrogen-bond donors (Lipinski definition) is 0. The van der Waals surface area contributed by atoms with Crippen LogP contribution in [0, 0.1) is 10.1 Å². The molecule has 1 aliphatic heterocycles. The van der Waals surface area contributed by atoms with Crippen molar-refractivity contribution in [2.45, 2.75) is 0 Å². The van der Waals surface area contributed by atoms with Gasteiger partial charge < -0.3 is 9.15 Å². The Balaban J connectivity index is 1.61. The number of nitrogens with zero attached hydrogens (tertiary/aromatic N) is 2. The number of non-ortho nitro benzene ring substituents is 1. The summed E-state index contributed by atoms with van der Waals surface area (Å²) in [5.74, 6) is 0.257. The standard InChI is InChI=1S/C20H10Cl2N2O5/c21-12-3-7-16(22)15(9-12)19-23-17(20(25)29-19)10-14-6-8-18(28-14)11-1-4-13(5-2-11)24(26)27/h1-10H/b17-10-. The van der Waals surface area contributed by atoms with Crippen LogP contribution in [-0.2, 0) is 9.53 Å². The first-order valence-electron chi connectivity index (χ1n) is 8.23. The molecule has 2 aromatic carbocycles. The van der Waals surface area contributed by atoms with Crippen LogP contribution in [0.1, 0.15) is 11.3 Å². The molecule has 29 heavy (non-hydrogen) atoms. The van der Waals surface area contributed by atoms with Gasteiger partial charge in [0.2, 0.25) is 5.90 Å². The topological polar surface area (TPSA) is 94.9 Å². The second kappa shape index (κ2) is 7.54. The van der Waals surface area contributed by atoms with E-state index in [1.807, 2.05) is 0 Å². The quantitative estimate of drug-likeness (QED) is 0.236. The lowest BCUT2D eigenvalue weighted by Gasteiger charge is -2.02. The van der Waals surface area contributed by atoms with Crippen LogP contribution in [-0.4, -0.2) is 16.8 Å². The lowest BCUT2D eigenvalue weighted by Crippen LogP contribution is -2.06. The zero-order chi connectivity index (χ0) is 20.5. The van der Waals surface area contributed by atoms with E-state index in [1.165, 1.54) is 18.2 Å². The van der Waals surface area contributed by atoms with Gasteiger partial charge in [-0.3, -0.25) is 10.1 Å². The molecule has 0 radical (unpaired) electrons. The predicted octanol–water partition coefficient (Wildman–Crippen LogP) is 5.51. The SMILES string of the molecule is O=C1OC(c2cc(Cl)ccc2Cl)=N/C1=C\c1ccc(-c2ccc([N+](=O)[O-])cc2)o1. The fourth-order valence-corrected chi connectivity index (χ4v) is 3.02. The molecule has 0 amide bonds. The third-order valence-electron chi connectivity index (χ3n) is 4.05. The van der Waals surface area contributed by atoms with E-state index in [1.54, 1.807) is 42.5 Å². The maximum atomic E-state index is 12.2. The number of halogens is 2. The molecule has 0 atom stereocenters. The highest BCUT2D eigenvalue weighted by molar-refractivity contribution is 6.36. The van der Waals surface area contributed by atoms with Crippen molar-refractivity contribution in [3.05, 3.63) is 91.8 Å². The van der Waals surface area contributed by atoms with E-state index in [0.29, 0.717) is 32.7 Å². The molecule has 7 nitrogen and oxygen atoms in total. The lowest BCUT2D eigenvalue weighted by atomic mass is 10.1. The molecular formula is C20H10Cl2N2O5. The highest BCUT2D eigenvalue weighted by Crippen LogP contribution is 2.28. The van der Waals surface area contributed by atoms with Gasteiger partial charge in [-0.1, -0.05) is 23.2 Å². The summed E-state index contributed by atoms with van der Waals surface area (Å²) in [6.07, 6.45) is 1.43. The second-order valence-electron chi connectivity index (χ2n) is 5.97. The molecule has 0 fully saturated rings. The Bertz CT molecular complexity index is 1200. The molecule has 0 saturated heterocycles. The van der Waals surface area contributed by atoms with Crippen molar-refractivity contribution in [2.24, 2.45) is 4.99 Å². The van der Waals surface area contributed by atoms with Gasteiger partial charge in [-0.05, 0) is 42.5 Å². The van der Waals surface area contributed by atoms with E-state index in [4.69, 9.17) is 32.4 Å². The first-order valence-corrected chi connectivity index (χ1v) is 8.99. The van der Waals surface area contributed by atoms with Gasteiger partial charge in [0, 0.05) is 28.8 Å². The van der Waals surface area contributed by atoms with Gasteiger partial charge in [0.15, 0.2) is 5.70 Å². The molecule has 0 aliphatic carbocycles. The number of carbonyl (C=O) groups is 1. The maximum Gasteiger partial charge on any atom is 0.363 e. The molecular weight excluding hydrogens is 419 g/mol. The van der Waals surface area contributed by atoms with Crippen molar-refractivity contribution < 1.29 is 18.9 Å². The molecule has 144 valence electrons. The lowest BCUT2D eigenvalue weighted by molar-refractivity contribution is -0.384. The average Bonchev–Trinajstić information content (AvgIpc) is 3.31. The minimum absolute atomic E-state index is 0.0158. The largest absolute Gasteiger partial charge is 0.457 e. The highest BCUT2D eigenvalue weighted by atomic mass is 35.5. The zero-order valence-electron chi connectivity index (χ0n) is 14.5. The second-order valence-corrected chi connectivity index (χ2v) is 6.81. The third-order valence-corrected chi connectivity index (χ3v) is 4.61. The molecule has 0 N–H and O–H groups in total. The van der Waals surface area contributed by atoms with Gasteiger partial charge in [0.25, 0.3) is 5.69 Å². The van der Waals surface area contributed by atoms with Crippen LogP contribution < -0.4 is 0 Å². The fourth-order valence-electron chi connectivity index (χ4n) is 2.65. The maximum absolute atomic E-state index is 12.2. The molecule has 9 heteroatoms. The van der Waals surface area contributed by atoms with Crippen LogP contribution in [0.25, 0.3) is 17.4 Å². The van der Waals surface area contributed by atoms with Crippen molar-refractivity contribution in [1.29, 1.82) is 0 Å². The molecule has 0 spiro atoms. The summed E-state index contributed by atoms with van der Waals surface area (Å²) < 4.78 is 10.9. The third kappa shape index (κ3) is 3.91. The van der Waals surface area contributed by atoms with Gasteiger partial charge in [-0.25, -0.2) is 9.79 Å². The van der Waals surface area contributed by atoms with Crippen molar-refractivity contribution in [3.8, 4) is 11.3 Å².